The Labute approximate surface area is 151 Å². The number of carbonyl (C=O) groups excluding carboxylic acids is 2. The molecular weight excluding hydrogens is 342 g/mol. The molecule has 1 aromatic heterocycles. The average Bonchev–Trinajstić information content (AvgIpc) is 3.11. The second kappa shape index (κ2) is 7.61. The molecule has 0 atom stereocenters. The van der Waals surface area contributed by atoms with E-state index in [0.717, 1.165) is 5.56 Å². The number of carbonyl (C=O) groups is 2. The molecule has 0 aliphatic carbocycles. The van der Waals surface area contributed by atoms with Gasteiger partial charge in [0.1, 0.15) is 5.76 Å². The van der Waals surface area contributed by atoms with Crippen molar-refractivity contribution in [3.63, 3.8) is 0 Å². The van der Waals surface area contributed by atoms with Crippen molar-refractivity contribution in [2.24, 2.45) is 0 Å². The third-order valence-corrected chi connectivity index (χ3v) is 4.47. The highest BCUT2D eigenvalue weighted by Gasteiger charge is 2.26. The molecule has 25 heavy (non-hydrogen) atoms. The van der Waals surface area contributed by atoms with Crippen LogP contribution in [0.1, 0.15) is 17.5 Å². The maximum Gasteiger partial charge on any atom is 0.317 e. The van der Waals surface area contributed by atoms with Crippen LogP contribution in [0.4, 0.5) is 4.79 Å². The molecule has 0 bridgehead atoms. The number of amides is 3. The number of hydrogen-bond donors (Lipinski definition) is 1. The molecule has 132 valence electrons. The SMILES string of the molecule is CCNC(=O)N1CCN(C(=O)c2ccc(-c3ccccc3Cl)o2)CC1. The number of benzene rings is 1. The first-order valence-corrected chi connectivity index (χ1v) is 8.64. The van der Waals surface area contributed by atoms with Gasteiger partial charge in [-0.15, -0.1) is 0 Å². The van der Waals surface area contributed by atoms with Gasteiger partial charge in [0.15, 0.2) is 5.76 Å². The summed E-state index contributed by atoms with van der Waals surface area (Å²) in [7, 11) is 0. The van der Waals surface area contributed by atoms with Crippen molar-refractivity contribution in [2.75, 3.05) is 32.7 Å². The van der Waals surface area contributed by atoms with Gasteiger partial charge < -0.3 is 19.5 Å². The van der Waals surface area contributed by atoms with Crippen LogP contribution >= 0.6 is 11.6 Å². The van der Waals surface area contributed by atoms with Gasteiger partial charge in [-0.25, -0.2) is 4.79 Å². The molecule has 6 nitrogen and oxygen atoms in total. The van der Waals surface area contributed by atoms with Gasteiger partial charge in [-0.05, 0) is 31.2 Å². The van der Waals surface area contributed by atoms with E-state index in [1.807, 2.05) is 25.1 Å². The van der Waals surface area contributed by atoms with Crippen molar-refractivity contribution in [3.05, 3.63) is 47.2 Å². The number of nitrogens with zero attached hydrogens (tertiary/aromatic N) is 2. The van der Waals surface area contributed by atoms with Crippen molar-refractivity contribution in [1.82, 2.24) is 15.1 Å². The molecule has 0 spiro atoms. The standard InChI is InChI=1S/C18H20ClN3O3/c1-2-20-18(24)22-11-9-21(10-12-22)17(23)16-8-7-15(25-16)13-5-3-4-6-14(13)19/h3-8H,2,9-12H2,1H3,(H,20,24). The van der Waals surface area contributed by atoms with Crippen molar-refractivity contribution in [1.29, 1.82) is 0 Å². The van der Waals surface area contributed by atoms with Crippen LogP contribution in [0.2, 0.25) is 5.02 Å². The van der Waals surface area contributed by atoms with Gasteiger partial charge in [0.25, 0.3) is 5.91 Å². The number of halogens is 1. The Morgan fingerprint density at radius 3 is 2.44 bits per heavy atom. The maximum absolute atomic E-state index is 12.6. The lowest BCUT2D eigenvalue weighted by Crippen LogP contribution is -2.53. The first kappa shape index (κ1) is 17.4. The lowest BCUT2D eigenvalue weighted by atomic mass is 10.2. The highest BCUT2D eigenvalue weighted by atomic mass is 35.5. The minimum atomic E-state index is -0.172. The highest BCUT2D eigenvalue weighted by molar-refractivity contribution is 6.33. The van der Waals surface area contributed by atoms with E-state index in [2.05, 4.69) is 5.32 Å². The summed E-state index contributed by atoms with van der Waals surface area (Å²) in [6.07, 6.45) is 0. The number of urea groups is 1. The van der Waals surface area contributed by atoms with Crippen LogP contribution in [0.3, 0.4) is 0 Å². The molecule has 0 radical (unpaired) electrons. The normalized spacial score (nSPS) is 14.5. The first-order chi connectivity index (χ1) is 12.1. The quantitative estimate of drug-likeness (QED) is 0.913. The van der Waals surface area contributed by atoms with Crippen LogP contribution in [-0.2, 0) is 0 Å². The molecule has 2 heterocycles. The fourth-order valence-corrected chi connectivity index (χ4v) is 3.02. The number of nitrogens with one attached hydrogen (secondary N) is 1. The fraction of sp³-hybridized carbons (Fsp3) is 0.333. The largest absolute Gasteiger partial charge is 0.451 e. The van der Waals surface area contributed by atoms with Gasteiger partial charge in [-0.1, -0.05) is 23.7 Å². The number of furan rings is 1. The zero-order valence-electron chi connectivity index (χ0n) is 14.0. The number of rotatable bonds is 3. The van der Waals surface area contributed by atoms with Gasteiger partial charge in [0.05, 0.1) is 5.02 Å². The molecule has 0 saturated carbocycles. The Balaban J connectivity index is 1.65. The molecule has 1 N–H and O–H groups in total. The van der Waals surface area contributed by atoms with Gasteiger partial charge >= 0.3 is 6.03 Å². The van der Waals surface area contributed by atoms with Crippen LogP contribution < -0.4 is 5.32 Å². The number of hydrogen-bond acceptors (Lipinski definition) is 3. The van der Waals surface area contributed by atoms with E-state index in [-0.39, 0.29) is 17.7 Å². The Bertz CT molecular complexity index is 766. The Morgan fingerprint density at radius 2 is 1.76 bits per heavy atom. The smallest absolute Gasteiger partial charge is 0.317 e. The Kier molecular flexibility index (Phi) is 5.28. The monoisotopic (exact) mass is 361 g/mol. The predicted molar refractivity (Wildman–Crippen MR) is 95.7 cm³/mol. The molecule has 1 fully saturated rings. The summed E-state index contributed by atoms with van der Waals surface area (Å²) < 4.78 is 5.71. The average molecular weight is 362 g/mol. The number of piperazine rings is 1. The minimum absolute atomic E-state index is 0.0893. The topological polar surface area (TPSA) is 65.8 Å². The Morgan fingerprint density at radius 1 is 1.08 bits per heavy atom. The van der Waals surface area contributed by atoms with Crippen molar-refractivity contribution in [3.8, 4) is 11.3 Å². The van der Waals surface area contributed by atoms with Crippen LogP contribution in [0.5, 0.6) is 0 Å². The van der Waals surface area contributed by atoms with Crippen molar-refractivity contribution in [2.45, 2.75) is 6.92 Å². The van der Waals surface area contributed by atoms with E-state index in [9.17, 15) is 9.59 Å². The van der Waals surface area contributed by atoms with Crippen LogP contribution in [0, 0.1) is 0 Å². The van der Waals surface area contributed by atoms with Gasteiger partial charge in [-0.3, -0.25) is 4.79 Å². The second-order valence-corrected chi connectivity index (χ2v) is 6.17. The second-order valence-electron chi connectivity index (χ2n) is 5.76. The van der Waals surface area contributed by atoms with E-state index in [4.69, 9.17) is 16.0 Å². The Hall–Kier alpha value is -2.47. The maximum atomic E-state index is 12.6. The summed E-state index contributed by atoms with van der Waals surface area (Å²) >= 11 is 6.17. The molecule has 3 rings (SSSR count). The zero-order valence-corrected chi connectivity index (χ0v) is 14.8. The van der Waals surface area contributed by atoms with E-state index < -0.39 is 0 Å². The van der Waals surface area contributed by atoms with E-state index in [0.29, 0.717) is 43.5 Å². The zero-order chi connectivity index (χ0) is 17.8. The molecule has 1 saturated heterocycles. The highest BCUT2D eigenvalue weighted by Crippen LogP contribution is 2.29. The molecule has 1 aromatic carbocycles. The summed E-state index contributed by atoms with van der Waals surface area (Å²) in [4.78, 5) is 27.8. The van der Waals surface area contributed by atoms with Crippen molar-refractivity contribution >= 4 is 23.5 Å². The summed E-state index contributed by atoms with van der Waals surface area (Å²) in [5.74, 6) is 0.671. The lowest BCUT2D eigenvalue weighted by Gasteiger charge is -2.34. The van der Waals surface area contributed by atoms with Gasteiger partial charge in [-0.2, -0.15) is 0 Å². The first-order valence-electron chi connectivity index (χ1n) is 8.27. The van der Waals surface area contributed by atoms with Crippen molar-refractivity contribution < 1.29 is 14.0 Å². The lowest BCUT2D eigenvalue weighted by molar-refractivity contribution is 0.0635. The fourth-order valence-electron chi connectivity index (χ4n) is 2.79. The van der Waals surface area contributed by atoms with E-state index in [1.165, 1.54) is 0 Å². The summed E-state index contributed by atoms with van der Waals surface area (Å²) in [6, 6.07) is 10.7. The van der Waals surface area contributed by atoms with Crippen LogP contribution in [-0.4, -0.2) is 54.5 Å². The molecule has 1 aliphatic heterocycles. The minimum Gasteiger partial charge on any atom is -0.451 e. The van der Waals surface area contributed by atoms with Crippen LogP contribution in [0.25, 0.3) is 11.3 Å². The van der Waals surface area contributed by atoms with E-state index >= 15 is 0 Å². The molecule has 0 unspecified atom stereocenters. The van der Waals surface area contributed by atoms with Gasteiger partial charge in [0.2, 0.25) is 0 Å². The summed E-state index contributed by atoms with van der Waals surface area (Å²) in [6.45, 7) is 4.46. The third kappa shape index (κ3) is 3.79. The summed E-state index contributed by atoms with van der Waals surface area (Å²) in [5, 5.41) is 3.35. The van der Waals surface area contributed by atoms with Gasteiger partial charge in [0, 0.05) is 38.3 Å². The third-order valence-electron chi connectivity index (χ3n) is 4.14. The molecule has 1 aliphatic rings. The van der Waals surface area contributed by atoms with E-state index in [1.54, 1.807) is 28.0 Å². The predicted octanol–water partition coefficient (Wildman–Crippen LogP) is 3.09. The molecule has 7 heteroatoms. The summed E-state index contributed by atoms with van der Waals surface area (Å²) in [5.41, 5.74) is 0.754. The van der Waals surface area contributed by atoms with Crippen LogP contribution in [0.15, 0.2) is 40.8 Å². The molecule has 3 amide bonds. The molecular formula is C18H20ClN3O3. The molecule has 2 aromatic rings.